The molecule has 1 aromatic heterocycles. The largest absolute Gasteiger partial charge is 0.282 e. The van der Waals surface area contributed by atoms with E-state index in [2.05, 4.69) is 16.4 Å². The van der Waals surface area contributed by atoms with E-state index in [4.69, 9.17) is 0 Å². The number of hydrogen-bond acceptors (Lipinski definition) is 1. The molecule has 1 aromatic rings. The molecule has 2 unspecified atom stereocenters. The minimum Gasteiger partial charge on any atom is -0.282 e. The predicted octanol–water partition coefficient (Wildman–Crippen LogP) is 0.869. The maximum atomic E-state index is 3.87. The summed E-state index contributed by atoms with van der Waals surface area (Å²) in [4.78, 5) is 0. The molecule has 1 saturated carbocycles. The highest BCUT2D eigenvalue weighted by atomic mass is 15.1. The summed E-state index contributed by atoms with van der Waals surface area (Å²) in [7, 11) is 0. The van der Waals surface area contributed by atoms with Crippen molar-refractivity contribution in [2.45, 2.75) is 18.8 Å². The molecule has 1 radical (unpaired) electrons. The van der Waals surface area contributed by atoms with Gasteiger partial charge in [-0.05, 0) is 24.7 Å². The Morgan fingerprint density at radius 1 is 1.67 bits per heavy atom. The van der Waals surface area contributed by atoms with Crippen LogP contribution in [0.15, 0.2) is 0 Å². The Hall–Kier alpha value is -0.790. The van der Waals surface area contributed by atoms with E-state index in [-0.39, 0.29) is 0 Å². The van der Waals surface area contributed by atoms with Gasteiger partial charge in [-0.25, -0.2) is 0 Å². The van der Waals surface area contributed by atoms with Gasteiger partial charge in [0.05, 0.1) is 0 Å². The third kappa shape index (κ3) is 0.363. The third-order valence-corrected chi connectivity index (χ3v) is 2.45. The summed E-state index contributed by atoms with van der Waals surface area (Å²) in [6.07, 6.45) is 5.63. The molecule has 2 nitrogen and oxygen atoms in total. The lowest BCUT2D eigenvalue weighted by atomic mass is 10.2. The van der Waals surface area contributed by atoms with Crippen molar-refractivity contribution in [3.8, 4) is 0 Å². The van der Waals surface area contributed by atoms with E-state index in [1.165, 1.54) is 24.1 Å². The fourth-order valence-electron chi connectivity index (χ4n) is 1.83. The van der Waals surface area contributed by atoms with Gasteiger partial charge in [-0.2, -0.15) is 5.10 Å². The van der Waals surface area contributed by atoms with Crippen molar-refractivity contribution < 1.29 is 0 Å². The van der Waals surface area contributed by atoms with Gasteiger partial charge in [0.15, 0.2) is 0 Å². The minimum atomic E-state index is 0.846. The van der Waals surface area contributed by atoms with Crippen LogP contribution in [0.5, 0.6) is 0 Å². The lowest BCUT2D eigenvalue weighted by Crippen LogP contribution is -1.82. The monoisotopic (exact) mass is 119 g/mol. The number of H-pyrrole nitrogens is 1. The second kappa shape index (κ2) is 1.06. The number of nitrogens with one attached hydrogen (secondary N) is 1. The van der Waals surface area contributed by atoms with E-state index in [1.807, 2.05) is 0 Å². The molecule has 1 heterocycles. The Kier molecular flexibility index (Phi) is 0.481. The lowest BCUT2D eigenvalue weighted by molar-refractivity contribution is 0.815. The molecular weight excluding hydrogens is 112 g/mol. The Bertz CT molecular complexity index is 251. The van der Waals surface area contributed by atoms with Crippen molar-refractivity contribution in [1.82, 2.24) is 10.2 Å². The Morgan fingerprint density at radius 3 is 3.56 bits per heavy atom. The van der Waals surface area contributed by atoms with Crippen molar-refractivity contribution in [2.24, 2.45) is 5.92 Å². The van der Waals surface area contributed by atoms with Gasteiger partial charge in [-0.3, -0.25) is 5.10 Å². The van der Waals surface area contributed by atoms with E-state index in [0.717, 1.165) is 11.8 Å². The molecule has 1 N–H and O–H groups in total. The van der Waals surface area contributed by atoms with Crippen LogP contribution in [-0.4, -0.2) is 10.2 Å². The standard InChI is InChI=1S/C7H7N2/c1-4-2-7-6(5(1)4)3-8-9-7/h4-5H,1-2H2,(H,8,9). The Morgan fingerprint density at radius 2 is 2.67 bits per heavy atom. The van der Waals surface area contributed by atoms with Crippen LogP contribution in [0.2, 0.25) is 0 Å². The Labute approximate surface area is 53.3 Å². The average molecular weight is 119 g/mol. The van der Waals surface area contributed by atoms with E-state index in [0.29, 0.717) is 0 Å². The molecular formula is C7H7N2. The summed E-state index contributed by atoms with van der Waals surface area (Å²) in [5.74, 6) is 1.81. The molecule has 0 saturated heterocycles. The number of hydrogen-bond donors (Lipinski definition) is 1. The van der Waals surface area contributed by atoms with Gasteiger partial charge in [0.25, 0.3) is 0 Å². The third-order valence-electron chi connectivity index (χ3n) is 2.45. The Balaban J connectivity index is 2.25. The van der Waals surface area contributed by atoms with Crippen LogP contribution in [0, 0.1) is 12.1 Å². The molecule has 1 fully saturated rings. The molecule has 45 valence electrons. The van der Waals surface area contributed by atoms with Gasteiger partial charge >= 0.3 is 0 Å². The molecule has 2 aliphatic carbocycles. The van der Waals surface area contributed by atoms with Crippen LogP contribution in [0.4, 0.5) is 0 Å². The maximum absolute atomic E-state index is 3.87. The van der Waals surface area contributed by atoms with Gasteiger partial charge in [0.1, 0.15) is 6.20 Å². The average Bonchev–Trinajstić information content (AvgIpc) is 2.38. The first kappa shape index (κ1) is 4.09. The minimum absolute atomic E-state index is 0.846. The van der Waals surface area contributed by atoms with E-state index in [1.54, 1.807) is 0 Å². The summed E-state index contributed by atoms with van der Waals surface area (Å²) < 4.78 is 0. The van der Waals surface area contributed by atoms with Crippen LogP contribution in [0.3, 0.4) is 0 Å². The zero-order chi connectivity index (χ0) is 5.84. The van der Waals surface area contributed by atoms with Crippen LogP contribution >= 0.6 is 0 Å². The molecule has 0 spiro atoms. The lowest BCUT2D eigenvalue weighted by Gasteiger charge is -1.87. The fraction of sp³-hybridized carbons (Fsp3) is 0.571. The molecule has 0 bridgehead atoms. The second-order valence-corrected chi connectivity index (χ2v) is 3.03. The first-order valence-corrected chi connectivity index (χ1v) is 3.40. The smallest absolute Gasteiger partial charge is 0.116 e. The molecule has 9 heavy (non-hydrogen) atoms. The van der Waals surface area contributed by atoms with Crippen molar-refractivity contribution in [1.29, 1.82) is 0 Å². The summed E-state index contributed by atoms with van der Waals surface area (Å²) in [5.41, 5.74) is 2.72. The zero-order valence-electron chi connectivity index (χ0n) is 5.02. The van der Waals surface area contributed by atoms with E-state index >= 15 is 0 Å². The highest BCUT2D eigenvalue weighted by Gasteiger charge is 2.46. The number of fused-ring (bicyclic) bond motifs is 3. The summed E-state index contributed by atoms with van der Waals surface area (Å²) in [5, 5.41) is 6.84. The van der Waals surface area contributed by atoms with E-state index in [9.17, 15) is 0 Å². The van der Waals surface area contributed by atoms with Crippen molar-refractivity contribution in [3.05, 3.63) is 17.5 Å². The van der Waals surface area contributed by atoms with Gasteiger partial charge in [0.2, 0.25) is 0 Å². The second-order valence-electron chi connectivity index (χ2n) is 3.03. The van der Waals surface area contributed by atoms with Gasteiger partial charge in [-0.15, -0.1) is 0 Å². The van der Waals surface area contributed by atoms with Crippen molar-refractivity contribution in [3.63, 3.8) is 0 Å². The van der Waals surface area contributed by atoms with Gasteiger partial charge in [-0.1, -0.05) is 0 Å². The summed E-state index contributed by atoms with van der Waals surface area (Å²) >= 11 is 0. The molecule has 0 aromatic carbocycles. The van der Waals surface area contributed by atoms with Gasteiger partial charge < -0.3 is 0 Å². The molecule has 3 rings (SSSR count). The normalized spacial score (nSPS) is 36.0. The quantitative estimate of drug-likeness (QED) is 0.539. The molecule has 0 amide bonds. The van der Waals surface area contributed by atoms with Crippen LogP contribution in [0.25, 0.3) is 0 Å². The molecule has 2 heteroatoms. The van der Waals surface area contributed by atoms with Crippen molar-refractivity contribution >= 4 is 0 Å². The summed E-state index contributed by atoms with van der Waals surface area (Å²) in [6, 6.07) is 0. The molecule has 0 aliphatic heterocycles. The first-order chi connectivity index (χ1) is 4.45. The maximum Gasteiger partial charge on any atom is 0.116 e. The van der Waals surface area contributed by atoms with Crippen LogP contribution in [-0.2, 0) is 6.42 Å². The first-order valence-electron chi connectivity index (χ1n) is 3.40. The van der Waals surface area contributed by atoms with Crippen LogP contribution in [0.1, 0.15) is 23.6 Å². The fourth-order valence-corrected chi connectivity index (χ4v) is 1.83. The number of nitrogens with zero attached hydrogens (tertiary/aromatic N) is 1. The molecule has 2 aliphatic rings. The number of aromatic nitrogens is 2. The van der Waals surface area contributed by atoms with Crippen LogP contribution < -0.4 is 0 Å². The number of aromatic amines is 1. The van der Waals surface area contributed by atoms with E-state index < -0.39 is 0 Å². The van der Waals surface area contributed by atoms with Gasteiger partial charge in [0, 0.05) is 11.3 Å². The van der Waals surface area contributed by atoms with Crippen molar-refractivity contribution in [2.75, 3.05) is 0 Å². The zero-order valence-corrected chi connectivity index (χ0v) is 5.02. The SMILES string of the molecule is [c]1n[nH]c2c1C1CC1C2. The topological polar surface area (TPSA) is 28.7 Å². The predicted molar refractivity (Wildman–Crippen MR) is 32.0 cm³/mol. The summed E-state index contributed by atoms with van der Waals surface area (Å²) in [6.45, 7) is 0. The highest BCUT2D eigenvalue weighted by Crippen LogP contribution is 2.55. The highest BCUT2D eigenvalue weighted by molar-refractivity contribution is 5.34. The number of rotatable bonds is 0. The molecule has 2 atom stereocenters.